The van der Waals surface area contributed by atoms with Crippen molar-refractivity contribution in [3.05, 3.63) is 29.3 Å². The van der Waals surface area contributed by atoms with Crippen molar-refractivity contribution in [1.82, 2.24) is 0 Å². The molecule has 0 heterocycles. The first-order valence-corrected chi connectivity index (χ1v) is 5.45. The predicted molar refractivity (Wildman–Crippen MR) is 63.3 cm³/mol. The van der Waals surface area contributed by atoms with E-state index in [4.69, 9.17) is 9.84 Å². The Kier molecular flexibility index (Phi) is 3.93. The lowest BCUT2D eigenvalue weighted by atomic mass is 10.0. The minimum absolute atomic E-state index is 0.0454. The third-order valence-electron chi connectivity index (χ3n) is 2.21. The molecule has 0 aliphatic heterocycles. The van der Waals surface area contributed by atoms with Gasteiger partial charge in [0.15, 0.2) is 0 Å². The fourth-order valence-corrected chi connectivity index (χ4v) is 1.42. The standard InChI is InChI=1S/C13H18O3/c1-8(2)10-5-11(13(14)15)7-12(6-10)16-9(3)4/h5-9H,1-4H3,(H,14,15). The van der Waals surface area contributed by atoms with Crippen molar-refractivity contribution in [3.8, 4) is 5.75 Å². The highest BCUT2D eigenvalue weighted by molar-refractivity contribution is 5.88. The fourth-order valence-electron chi connectivity index (χ4n) is 1.42. The van der Waals surface area contributed by atoms with Gasteiger partial charge in [0.05, 0.1) is 11.7 Å². The van der Waals surface area contributed by atoms with Crippen LogP contribution in [0.25, 0.3) is 0 Å². The Hall–Kier alpha value is -1.51. The molecule has 1 rings (SSSR count). The summed E-state index contributed by atoms with van der Waals surface area (Å²) in [5.74, 6) is -0.0106. The van der Waals surface area contributed by atoms with Crippen LogP contribution >= 0.6 is 0 Å². The Bertz CT molecular complexity index is 381. The van der Waals surface area contributed by atoms with E-state index in [1.54, 1.807) is 12.1 Å². The van der Waals surface area contributed by atoms with Crippen LogP contribution in [-0.2, 0) is 0 Å². The molecule has 16 heavy (non-hydrogen) atoms. The molecule has 0 aromatic heterocycles. The lowest BCUT2D eigenvalue weighted by Gasteiger charge is -2.13. The van der Waals surface area contributed by atoms with E-state index < -0.39 is 5.97 Å². The van der Waals surface area contributed by atoms with E-state index in [-0.39, 0.29) is 17.6 Å². The SMILES string of the molecule is CC(C)Oc1cc(C(=O)O)cc(C(C)C)c1. The average Bonchev–Trinajstić information content (AvgIpc) is 2.15. The van der Waals surface area contributed by atoms with Crippen molar-refractivity contribution in [3.63, 3.8) is 0 Å². The Morgan fingerprint density at radius 1 is 1.19 bits per heavy atom. The number of benzene rings is 1. The number of hydrogen-bond acceptors (Lipinski definition) is 2. The van der Waals surface area contributed by atoms with E-state index in [2.05, 4.69) is 0 Å². The number of aromatic carboxylic acids is 1. The van der Waals surface area contributed by atoms with Crippen molar-refractivity contribution >= 4 is 5.97 Å². The molecule has 1 aromatic rings. The smallest absolute Gasteiger partial charge is 0.335 e. The third kappa shape index (κ3) is 3.26. The normalized spacial score (nSPS) is 10.9. The number of hydrogen-bond donors (Lipinski definition) is 1. The van der Waals surface area contributed by atoms with Crippen LogP contribution in [0, 0.1) is 0 Å². The molecular formula is C13H18O3. The van der Waals surface area contributed by atoms with Crippen LogP contribution in [0.5, 0.6) is 5.75 Å². The van der Waals surface area contributed by atoms with Crippen LogP contribution in [0.3, 0.4) is 0 Å². The molecule has 88 valence electrons. The summed E-state index contributed by atoms with van der Waals surface area (Å²) in [5, 5.41) is 8.99. The number of carboxylic acids is 1. The molecule has 0 bridgehead atoms. The molecule has 1 aromatic carbocycles. The fraction of sp³-hybridized carbons (Fsp3) is 0.462. The summed E-state index contributed by atoms with van der Waals surface area (Å²) in [7, 11) is 0. The molecule has 3 heteroatoms. The lowest BCUT2D eigenvalue weighted by molar-refractivity contribution is 0.0696. The van der Waals surface area contributed by atoms with Gasteiger partial charge in [0, 0.05) is 0 Å². The minimum atomic E-state index is -0.920. The number of rotatable bonds is 4. The molecule has 0 saturated heterocycles. The van der Waals surface area contributed by atoms with Gasteiger partial charge in [-0.2, -0.15) is 0 Å². The molecule has 0 atom stereocenters. The summed E-state index contributed by atoms with van der Waals surface area (Å²) < 4.78 is 5.53. The predicted octanol–water partition coefficient (Wildman–Crippen LogP) is 3.30. The Balaban J connectivity index is 3.13. The van der Waals surface area contributed by atoms with E-state index in [0.717, 1.165) is 5.56 Å². The quantitative estimate of drug-likeness (QED) is 0.850. The molecule has 0 radical (unpaired) electrons. The van der Waals surface area contributed by atoms with Crippen LogP contribution in [0.15, 0.2) is 18.2 Å². The monoisotopic (exact) mass is 222 g/mol. The van der Waals surface area contributed by atoms with E-state index >= 15 is 0 Å². The van der Waals surface area contributed by atoms with Gasteiger partial charge in [0.2, 0.25) is 0 Å². The van der Waals surface area contributed by atoms with E-state index in [0.29, 0.717) is 5.75 Å². The summed E-state index contributed by atoms with van der Waals surface area (Å²) in [4.78, 5) is 11.0. The third-order valence-corrected chi connectivity index (χ3v) is 2.21. The summed E-state index contributed by atoms with van der Waals surface area (Å²) in [5.41, 5.74) is 1.26. The van der Waals surface area contributed by atoms with Gasteiger partial charge in [0.1, 0.15) is 5.75 Å². The molecule has 1 N–H and O–H groups in total. The van der Waals surface area contributed by atoms with Crippen molar-refractivity contribution in [1.29, 1.82) is 0 Å². The Morgan fingerprint density at radius 2 is 1.81 bits per heavy atom. The molecule has 0 spiro atoms. The molecular weight excluding hydrogens is 204 g/mol. The van der Waals surface area contributed by atoms with E-state index in [1.165, 1.54) is 0 Å². The van der Waals surface area contributed by atoms with Crippen molar-refractivity contribution in [2.24, 2.45) is 0 Å². The largest absolute Gasteiger partial charge is 0.491 e. The van der Waals surface area contributed by atoms with Gasteiger partial charge in [-0.3, -0.25) is 0 Å². The van der Waals surface area contributed by atoms with Gasteiger partial charge in [0.25, 0.3) is 0 Å². The number of ether oxygens (including phenoxy) is 1. The molecule has 0 unspecified atom stereocenters. The van der Waals surface area contributed by atoms with Crippen LogP contribution in [0.1, 0.15) is 49.5 Å². The van der Waals surface area contributed by atoms with Gasteiger partial charge in [-0.05, 0) is 43.5 Å². The first-order chi connectivity index (χ1) is 7.40. The van der Waals surface area contributed by atoms with Crippen LogP contribution < -0.4 is 4.74 Å². The Labute approximate surface area is 96.1 Å². The van der Waals surface area contributed by atoms with E-state index in [9.17, 15) is 4.79 Å². The van der Waals surface area contributed by atoms with Gasteiger partial charge in [-0.1, -0.05) is 13.8 Å². The molecule has 0 saturated carbocycles. The highest BCUT2D eigenvalue weighted by Crippen LogP contribution is 2.24. The summed E-state index contributed by atoms with van der Waals surface area (Å²) in [6.07, 6.45) is 0.0454. The van der Waals surface area contributed by atoms with Gasteiger partial charge in [-0.15, -0.1) is 0 Å². The topological polar surface area (TPSA) is 46.5 Å². The zero-order chi connectivity index (χ0) is 12.3. The Morgan fingerprint density at radius 3 is 2.25 bits per heavy atom. The molecule has 3 nitrogen and oxygen atoms in total. The highest BCUT2D eigenvalue weighted by Gasteiger charge is 2.10. The molecule has 0 fully saturated rings. The van der Waals surface area contributed by atoms with Crippen molar-refractivity contribution in [2.75, 3.05) is 0 Å². The highest BCUT2D eigenvalue weighted by atomic mass is 16.5. The van der Waals surface area contributed by atoms with Crippen molar-refractivity contribution in [2.45, 2.75) is 39.7 Å². The van der Waals surface area contributed by atoms with Gasteiger partial charge in [-0.25, -0.2) is 4.79 Å². The van der Waals surface area contributed by atoms with E-state index in [1.807, 2.05) is 33.8 Å². The second-order valence-corrected chi connectivity index (χ2v) is 4.42. The summed E-state index contributed by atoms with van der Waals surface area (Å²) in [6.45, 7) is 7.89. The minimum Gasteiger partial charge on any atom is -0.491 e. The van der Waals surface area contributed by atoms with Crippen LogP contribution in [0.2, 0.25) is 0 Å². The summed E-state index contributed by atoms with van der Waals surface area (Å²) >= 11 is 0. The maximum absolute atomic E-state index is 11.0. The second-order valence-electron chi connectivity index (χ2n) is 4.42. The zero-order valence-electron chi connectivity index (χ0n) is 10.2. The molecule has 0 aliphatic carbocycles. The maximum Gasteiger partial charge on any atom is 0.335 e. The summed E-state index contributed by atoms with van der Waals surface area (Å²) in [6, 6.07) is 5.16. The van der Waals surface area contributed by atoms with Crippen LogP contribution in [0.4, 0.5) is 0 Å². The molecule has 0 amide bonds. The second kappa shape index (κ2) is 5.01. The van der Waals surface area contributed by atoms with Gasteiger partial charge >= 0.3 is 5.97 Å². The zero-order valence-corrected chi connectivity index (χ0v) is 10.2. The van der Waals surface area contributed by atoms with Gasteiger partial charge < -0.3 is 9.84 Å². The number of carboxylic acid groups (broad SMARTS) is 1. The lowest BCUT2D eigenvalue weighted by Crippen LogP contribution is -2.07. The van der Waals surface area contributed by atoms with Crippen LogP contribution in [-0.4, -0.2) is 17.2 Å². The molecule has 0 aliphatic rings. The average molecular weight is 222 g/mol. The van der Waals surface area contributed by atoms with Crippen molar-refractivity contribution < 1.29 is 14.6 Å². The first kappa shape index (κ1) is 12.6. The maximum atomic E-state index is 11.0. The first-order valence-electron chi connectivity index (χ1n) is 5.45. The number of carbonyl (C=O) groups is 1.